The van der Waals surface area contributed by atoms with Crippen molar-refractivity contribution in [2.45, 2.75) is 0 Å². The van der Waals surface area contributed by atoms with Crippen LogP contribution in [0.2, 0.25) is 5.02 Å². The van der Waals surface area contributed by atoms with Gasteiger partial charge in [-0.2, -0.15) is 0 Å². The molecule has 27 heavy (non-hydrogen) atoms. The van der Waals surface area contributed by atoms with Crippen molar-refractivity contribution < 1.29 is 19.2 Å². The van der Waals surface area contributed by atoms with Crippen molar-refractivity contribution in [2.75, 3.05) is 57.2 Å². The highest BCUT2D eigenvalue weighted by atomic mass is 35.5. The largest absolute Gasteiger partial charge is 0.497 e. The number of piperazine rings is 1. The average Bonchev–Trinajstić information content (AvgIpc) is 2.69. The number of benzene rings is 2. The summed E-state index contributed by atoms with van der Waals surface area (Å²) in [5, 5.41) is 3.70. The average molecular weight is 391 g/mol. The van der Waals surface area contributed by atoms with E-state index in [1.807, 2.05) is 24.3 Å². The number of anilines is 2. The lowest BCUT2D eigenvalue weighted by atomic mass is 10.2. The summed E-state index contributed by atoms with van der Waals surface area (Å²) in [6.07, 6.45) is 0. The first kappa shape index (κ1) is 19.3. The van der Waals surface area contributed by atoms with E-state index in [4.69, 9.17) is 21.1 Å². The molecule has 0 saturated carbocycles. The summed E-state index contributed by atoms with van der Waals surface area (Å²) in [4.78, 5) is 16.0. The lowest BCUT2D eigenvalue weighted by Crippen LogP contribution is -3.15. The molecule has 7 heteroatoms. The van der Waals surface area contributed by atoms with Crippen molar-refractivity contribution in [1.82, 2.24) is 0 Å². The highest BCUT2D eigenvalue weighted by Crippen LogP contribution is 2.28. The third-order valence-electron chi connectivity index (χ3n) is 4.75. The first-order valence-corrected chi connectivity index (χ1v) is 9.33. The number of carbonyl (C=O) groups excluding carboxylic acids is 1. The van der Waals surface area contributed by atoms with Gasteiger partial charge in [0.05, 0.1) is 56.8 Å². The second-order valence-corrected chi connectivity index (χ2v) is 6.89. The number of nitrogens with one attached hydrogen (secondary N) is 2. The van der Waals surface area contributed by atoms with E-state index in [2.05, 4.69) is 10.2 Å². The van der Waals surface area contributed by atoms with Crippen molar-refractivity contribution in [3.05, 3.63) is 47.5 Å². The minimum Gasteiger partial charge on any atom is -0.497 e. The highest BCUT2D eigenvalue weighted by molar-refractivity contribution is 6.33. The number of halogens is 1. The highest BCUT2D eigenvalue weighted by Gasteiger charge is 2.23. The number of para-hydroxylation sites is 1. The Morgan fingerprint density at radius 3 is 2.56 bits per heavy atom. The van der Waals surface area contributed by atoms with Gasteiger partial charge in [-0.25, -0.2) is 0 Å². The van der Waals surface area contributed by atoms with E-state index < -0.39 is 0 Å². The zero-order valence-electron chi connectivity index (χ0n) is 15.6. The Bertz CT molecular complexity index is 792. The first-order chi connectivity index (χ1) is 13.1. The van der Waals surface area contributed by atoms with E-state index in [9.17, 15) is 4.79 Å². The van der Waals surface area contributed by atoms with E-state index in [1.54, 1.807) is 32.4 Å². The van der Waals surface area contributed by atoms with Crippen LogP contribution in [0.3, 0.4) is 0 Å². The van der Waals surface area contributed by atoms with E-state index in [0.717, 1.165) is 36.9 Å². The summed E-state index contributed by atoms with van der Waals surface area (Å²) in [5.41, 5.74) is 1.68. The lowest BCUT2D eigenvalue weighted by Gasteiger charge is -2.33. The van der Waals surface area contributed by atoms with Crippen LogP contribution >= 0.6 is 11.6 Å². The molecule has 144 valence electrons. The SMILES string of the molecule is COc1ccc(OC)c(NC(=O)C[NH+]2CCN(c3ccccc3Cl)CC2)c1. The van der Waals surface area contributed by atoms with Crippen molar-refractivity contribution in [2.24, 2.45) is 0 Å². The maximum atomic E-state index is 12.5. The molecule has 3 rings (SSSR count). The number of nitrogens with zero attached hydrogens (tertiary/aromatic N) is 1. The van der Waals surface area contributed by atoms with Gasteiger partial charge in [-0.05, 0) is 24.3 Å². The van der Waals surface area contributed by atoms with Crippen molar-refractivity contribution in [3.63, 3.8) is 0 Å². The van der Waals surface area contributed by atoms with Gasteiger partial charge < -0.3 is 24.6 Å². The Morgan fingerprint density at radius 2 is 1.89 bits per heavy atom. The van der Waals surface area contributed by atoms with Gasteiger partial charge in [-0.3, -0.25) is 4.79 Å². The molecule has 0 bridgehead atoms. The zero-order valence-corrected chi connectivity index (χ0v) is 16.4. The van der Waals surface area contributed by atoms with Crippen LogP contribution in [0.25, 0.3) is 0 Å². The molecule has 0 aromatic heterocycles. The van der Waals surface area contributed by atoms with Crippen LogP contribution in [0.1, 0.15) is 0 Å². The summed E-state index contributed by atoms with van der Waals surface area (Å²) < 4.78 is 10.5. The van der Waals surface area contributed by atoms with Crippen LogP contribution in [-0.2, 0) is 4.79 Å². The number of hydrogen-bond acceptors (Lipinski definition) is 4. The van der Waals surface area contributed by atoms with Gasteiger partial charge in [-0.15, -0.1) is 0 Å². The van der Waals surface area contributed by atoms with Crippen LogP contribution < -0.4 is 24.6 Å². The third kappa shape index (κ3) is 4.84. The molecular weight excluding hydrogens is 366 g/mol. The van der Waals surface area contributed by atoms with Gasteiger partial charge in [0, 0.05) is 6.07 Å². The maximum absolute atomic E-state index is 12.5. The molecule has 1 heterocycles. The minimum absolute atomic E-state index is 0.0391. The molecule has 0 unspecified atom stereocenters. The molecule has 2 aromatic carbocycles. The Labute approximate surface area is 164 Å². The molecule has 1 amide bonds. The molecule has 0 radical (unpaired) electrons. The monoisotopic (exact) mass is 390 g/mol. The molecule has 1 fully saturated rings. The number of methoxy groups -OCH3 is 2. The number of amides is 1. The van der Waals surface area contributed by atoms with Crippen LogP contribution in [-0.4, -0.2) is 52.9 Å². The quantitative estimate of drug-likeness (QED) is 0.788. The number of quaternary nitrogens is 1. The van der Waals surface area contributed by atoms with E-state index in [0.29, 0.717) is 23.7 Å². The van der Waals surface area contributed by atoms with Crippen LogP contribution in [0, 0.1) is 0 Å². The standard InChI is InChI=1S/C20H24ClN3O3/c1-26-15-7-8-19(27-2)17(13-15)22-20(25)14-23-9-11-24(12-10-23)18-6-4-3-5-16(18)21/h3-8,13H,9-12,14H2,1-2H3,(H,22,25)/p+1. The molecule has 1 saturated heterocycles. The summed E-state index contributed by atoms with van der Waals surface area (Å²) in [6, 6.07) is 13.2. The minimum atomic E-state index is -0.0391. The van der Waals surface area contributed by atoms with E-state index >= 15 is 0 Å². The predicted octanol–water partition coefficient (Wildman–Crippen LogP) is 1.70. The molecule has 2 N–H and O–H groups in total. The second kappa shape index (κ2) is 8.97. The Kier molecular flexibility index (Phi) is 6.42. The predicted molar refractivity (Wildman–Crippen MR) is 107 cm³/mol. The molecule has 2 aromatic rings. The van der Waals surface area contributed by atoms with Gasteiger partial charge in [0.25, 0.3) is 5.91 Å². The summed E-state index contributed by atoms with van der Waals surface area (Å²) in [6.45, 7) is 3.92. The smallest absolute Gasteiger partial charge is 0.279 e. The fourth-order valence-corrected chi connectivity index (χ4v) is 3.54. The molecule has 0 atom stereocenters. The van der Waals surface area contributed by atoms with Crippen LogP contribution in [0.15, 0.2) is 42.5 Å². The first-order valence-electron chi connectivity index (χ1n) is 8.95. The third-order valence-corrected chi connectivity index (χ3v) is 5.07. The van der Waals surface area contributed by atoms with Gasteiger partial charge in [0.1, 0.15) is 11.5 Å². The van der Waals surface area contributed by atoms with Crippen LogP contribution in [0.4, 0.5) is 11.4 Å². The molecule has 1 aliphatic rings. The Morgan fingerprint density at radius 1 is 1.15 bits per heavy atom. The fraction of sp³-hybridized carbons (Fsp3) is 0.350. The van der Waals surface area contributed by atoms with Crippen molar-refractivity contribution >= 4 is 28.9 Å². The zero-order chi connectivity index (χ0) is 19.2. The van der Waals surface area contributed by atoms with E-state index in [1.165, 1.54) is 4.90 Å². The Balaban J connectivity index is 1.55. The van der Waals surface area contributed by atoms with Crippen molar-refractivity contribution in [3.8, 4) is 11.5 Å². The fourth-order valence-electron chi connectivity index (χ4n) is 3.28. The number of carbonyl (C=O) groups is 1. The number of hydrogen-bond donors (Lipinski definition) is 2. The normalized spacial score (nSPS) is 14.7. The Hall–Kier alpha value is -2.44. The summed E-state index contributed by atoms with van der Waals surface area (Å²) in [5.74, 6) is 1.25. The molecule has 0 spiro atoms. The number of rotatable bonds is 6. The summed E-state index contributed by atoms with van der Waals surface area (Å²) in [7, 11) is 3.17. The molecular formula is C20H25ClN3O3+. The second-order valence-electron chi connectivity index (χ2n) is 6.48. The summed E-state index contributed by atoms with van der Waals surface area (Å²) >= 11 is 6.29. The van der Waals surface area contributed by atoms with Crippen molar-refractivity contribution in [1.29, 1.82) is 0 Å². The lowest BCUT2D eigenvalue weighted by molar-refractivity contribution is -0.892. The van der Waals surface area contributed by atoms with Crippen LogP contribution in [0.5, 0.6) is 11.5 Å². The number of ether oxygens (including phenoxy) is 2. The molecule has 6 nitrogen and oxygen atoms in total. The van der Waals surface area contributed by atoms with E-state index in [-0.39, 0.29) is 5.91 Å². The topological polar surface area (TPSA) is 55.2 Å². The van der Waals surface area contributed by atoms with Gasteiger partial charge in [-0.1, -0.05) is 23.7 Å². The van der Waals surface area contributed by atoms with Gasteiger partial charge in [0.2, 0.25) is 0 Å². The van der Waals surface area contributed by atoms with Gasteiger partial charge in [0.15, 0.2) is 6.54 Å². The molecule has 1 aliphatic heterocycles. The molecule has 0 aliphatic carbocycles. The maximum Gasteiger partial charge on any atom is 0.279 e. The van der Waals surface area contributed by atoms with Gasteiger partial charge >= 0.3 is 0 Å².